The van der Waals surface area contributed by atoms with E-state index in [1.165, 1.54) is 0 Å². The molecular weight excluding hydrogens is 487 g/mol. The van der Waals surface area contributed by atoms with Crippen LogP contribution in [0.1, 0.15) is 116 Å². The van der Waals surface area contributed by atoms with E-state index >= 15 is 0 Å². The average molecular weight is 535 g/mol. The van der Waals surface area contributed by atoms with Gasteiger partial charge in [-0.25, -0.2) is 4.57 Å². The summed E-state index contributed by atoms with van der Waals surface area (Å²) in [5.41, 5.74) is 3.06. The molecule has 0 aliphatic carbocycles. The molecule has 2 rings (SSSR count). The van der Waals surface area contributed by atoms with Crippen LogP contribution >= 0.6 is 7.82 Å². The van der Waals surface area contributed by atoms with Gasteiger partial charge in [0.1, 0.15) is 11.5 Å². The molecule has 0 atom stereocenters. The van der Waals surface area contributed by atoms with Gasteiger partial charge in [0.2, 0.25) is 0 Å². The number of phenolic OH excluding ortho intramolecular Hbond substituents is 2. The third-order valence-corrected chi connectivity index (χ3v) is 7.27. The van der Waals surface area contributed by atoms with Crippen molar-refractivity contribution in [1.29, 1.82) is 0 Å². The van der Waals surface area contributed by atoms with E-state index in [4.69, 9.17) is 9.05 Å². The van der Waals surface area contributed by atoms with E-state index in [0.29, 0.717) is 11.1 Å². The minimum atomic E-state index is -4.40. The Hall–Kier alpha value is -1.85. The highest BCUT2D eigenvalue weighted by Gasteiger charge is 2.30. The molecule has 208 valence electrons. The van der Waals surface area contributed by atoms with Crippen molar-refractivity contribution >= 4 is 7.82 Å². The number of phosphoric acid groups is 1. The van der Waals surface area contributed by atoms with Crippen LogP contribution in [-0.4, -0.2) is 15.1 Å². The molecule has 0 amide bonds. The molecule has 0 aromatic heterocycles. The maximum absolute atomic E-state index is 12.8. The predicted molar refractivity (Wildman–Crippen MR) is 150 cm³/mol. The van der Waals surface area contributed by atoms with Crippen LogP contribution in [0, 0.1) is 0 Å². The van der Waals surface area contributed by atoms with Crippen LogP contribution in [0.15, 0.2) is 24.3 Å². The quantitative estimate of drug-likeness (QED) is 0.324. The lowest BCUT2D eigenvalue weighted by atomic mass is 9.78. The van der Waals surface area contributed by atoms with Crippen LogP contribution in [-0.2, 0) is 48.5 Å². The summed E-state index contributed by atoms with van der Waals surface area (Å²) in [4.78, 5) is 10.5. The smallest absolute Gasteiger partial charge is 0.472 e. The molecule has 0 saturated heterocycles. The van der Waals surface area contributed by atoms with Gasteiger partial charge in [0.25, 0.3) is 0 Å². The number of phosphoric ester groups is 1. The first-order valence-corrected chi connectivity index (χ1v) is 14.3. The van der Waals surface area contributed by atoms with Crippen molar-refractivity contribution in [3.05, 3.63) is 57.6 Å². The van der Waals surface area contributed by atoms with Crippen molar-refractivity contribution in [2.45, 2.75) is 118 Å². The molecule has 0 bridgehead atoms. The van der Waals surface area contributed by atoms with Gasteiger partial charge in [0.05, 0.1) is 13.2 Å². The molecular formula is C30H47O6P. The van der Waals surface area contributed by atoms with Crippen LogP contribution in [0.3, 0.4) is 0 Å². The van der Waals surface area contributed by atoms with Gasteiger partial charge in [-0.3, -0.25) is 9.05 Å². The van der Waals surface area contributed by atoms with E-state index < -0.39 is 7.82 Å². The fourth-order valence-corrected chi connectivity index (χ4v) is 4.89. The number of benzene rings is 2. The topological polar surface area (TPSA) is 96.2 Å². The fraction of sp³-hybridized carbons (Fsp3) is 0.600. The number of hydrogen-bond acceptors (Lipinski definition) is 5. The van der Waals surface area contributed by atoms with Crippen LogP contribution < -0.4 is 0 Å². The average Bonchev–Trinajstić information content (AvgIpc) is 2.68. The minimum Gasteiger partial charge on any atom is -0.507 e. The number of aromatic hydroxyl groups is 2. The molecule has 0 saturated carbocycles. The van der Waals surface area contributed by atoms with Gasteiger partial charge in [0, 0.05) is 0 Å². The lowest BCUT2D eigenvalue weighted by molar-refractivity contribution is 0.137. The Bertz CT molecular complexity index is 1010. The van der Waals surface area contributed by atoms with Gasteiger partial charge in [-0.05, 0) is 79.3 Å². The second kappa shape index (κ2) is 10.4. The normalized spacial score (nSPS) is 13.8. The second-order valence-electron chi connectivity index (χ2n) is 14.1. The monoisotopic (exact) mass is 534 g/mol. The summed E-state index contributed by atoms with van der Waals surface area (Å²) in [6.07, 6.45) is 0. The zero-order valence-electron chi connectivity index (χ0n) is 24.7. The zero-order chi connectivity index (χ0) is 28.8. The molecule has 7 heteroatoms. The van der Waals surface area contributed by atoms with Gasteiger partial charge in [0.15, 0.2) is 0 Å². The summed E-state index contributed by atoms with van der Waals surface area (Å²) < 4.78 is 23.6. The third-order valence-electron chi connectivity index (χ3n) is 6.36. The Balaban J connectivity index is 2.31. The molecule has 0 spiro atoms. The van der Waals surface area contributed by atoms with Crippen molar-refractivity contribution in [2.75, 3.05) is 0 Å². The van der Waals surface area contributed by atoms with Crippen molar-refractivity contribution in [1.82, 2.24) is 0 Å². The van der Waals surface area contributed by atoms with E-state index in [9.17, 15) is 19.7 Å². The fourth-order valence-electron chi connectivity index (χ4n) is 4.19. The molecule has 0 fully saturated rings. The van der Waals surface area contributed by atoms with Gasteiger partial charge in [-0.1, -0.05) is 83.1 Å². The summed E-state index contributed by atoms with van der Waals surface area (Å²) in [5.74, 6) is 0.479. The first-order valence-electron chi connectivity index (χ1n) is 12.8. The van der Waals surface area contributed by atoms with Crippen molar-refractivity contribution in [3.8, 4) is 11.5 Å². The molecule has 6 nitrogen and oxygen atoms in total. The van der Waals surface area contributed by atoms with E-state index in [-0.39, 0.29) is 46.4 Å². The molecule has 0 unspecified atom stereocenters. The molecule has 0 radical (unpaired) electrons. The summed E-state index contributed by atoms with van der Waals surface area (Å²) in [7, 11) is -4.40. The first-order chi connectivity index (χ1) is 16.4. The Kier molecular flexibility index (Phi) is 8.79. The summed E-state index contributed by atoms with van der Waals surface area (Å²) in [6.45, 7) is 23.8. The van der Waals surface area contributed by atoms with Gasteiger partial charge in [-0.2, -0.15) is 0 Å². The Morgan fingerprint density at radius 1 is 0.568 bits per heavy atom. The van der Waals surface area contributed by atoms with Crippen molar-refractivity contribution in [2.24, 2.45) is 0 Å². The van der Waals surface area contributed by atoms with E-state index in [2.05, 4.69) is 0 Å². The maximum Gasteiger partial charge on any atom is 0.472 e. The van der Waals surface area contributed by atoms with Crippen molar-refractivity contribution in [3.63, 3.8) is 0 Å². The lowest BCUT2D eigenvalue weighted by Gasteiger charge is -2.28. The third kappa shape index (κ3) is 8.07. The molecule has 0 aliphatic heterocycles. The van der Waals surface area contributed by atoms with Crippen LogP contribution in [0.25, 0.3) is 0 Å². The summed E-state index contributed by atoms with van der Waals surface area (Å²) in [6, 6.07) is 7.26. The second-order valence-corrected chi connectivity index (χ2v) is 15.5. The Morgan fingerprint density at radius 3 is 0.973 bits per heavy atom. The molecule has 2 aromatic carbocycles. The van der Waals surface area contributed by atoms with E-state index in [1.54, 1.807) is 0 Å². The van der Waals surface area contributed by atoms with Gasteiger partial charge in [-0.15, -0.1) is 0 Å². The SMILES string of the molecule is CC(C)(C)c1cc(COP(=O)(O)OCc2cc(C(C)(C)C)c(O)c(C(C)(C)C)c2)cc(C(C)(C)C)c1O. The number of rotatable bonds is 6. The zero-order valence-corrected chi connectivity index (χ0v) is 25.6. The molecule has 0 aliphatic rings. The van der Waals surface area contributed by atoms with Crippen LogP contribution in [0.4, 0.5) is 0 Å². The molecule has 3 N–H and O–H groups in total. The summed E-state index contributed by atoms with van der Waals surface area (Å²) in [5, 5.41) is 21.8. The largest absolute Gasteiger partial charge is 0.507 e. The summed E-state index contributed by atoms with van der Waals surface area (Å²) >= 11 is 0. The minimum absolute atomic E-state index is 0.143. The predicted octanol–water partition coefficient (Wildman–Crippen LogP) is 8.12. The maximum atomic E-state index is 12.8. The van der Waals surface area contributed by atoms with Crippen LogP contribution in [0.5, 0.6) is 11.5 Å². The molecule has 37 heavy (non-hydrogen) atoms. The highest BCUT2D eigenvalue weighted by molar-refractivity contribution is 7.47. The van der Waals surface area contributed by atoms with Gasteiger partial charge < -0.3 is 15.1 Å². The lowest BCUT2D eigenvalue weighted by Crippen LogP contribution is -2.18. The number of hydrogen-bond donors (Lipinski definition) is 3. The highest BCUT2D eigenvalue weighted by Crippen LogP contribution is 2.47. The van der Waals surface area contributed by atoms with E-state index in [1.807, 2.05) is 107 Å². The van der Waals surface area contributed by atoms with E-state index in [0.717, 1.165) is 22.3 Å². The van der Waals surface area contributed by atoms with Gasteiger partial charge >= 0.3 is 7.82 Å². The Labute approximate surface area is 223 Å². The molecule has 2 aromatic rings. The van der Waals surface area contributed by atoms with Crippen molar-refractivity contribution < 1.29 is 28.7 Å². The Morgan fingerprint density at radius 2 is 0.784 bits per heavy atom. The first kappa shape index (κ1) is 31.4. The van der Waals surface area contributed by atoms with Crippen LogP contribution in [0.2, 0.25) is 0 Å². The highest BCUT2D eigenvalue weighted by atomic mass is 31.2. The number of phenols is 2. The standard InChI is InChI=1S/C30H47O6P/c1-27(2,3)21-13-19(14-22(25(21)31)28(4,5)6)17-35-37(33,34)36-18-20-15-23(29(7,8)9)26(32)24(16-20)30(10,11)12/h13-16,31-32H,17-18H2,1-12H3,(H,33,34). The molecule has 0 heterocycles.